The monoisotopic (exact) mass is 501 g/mol. The predicted octanol–water partition coefficient (Wildman–Crippen LogP) is 4.98. The van der Waals surface area contributed by atoms with Crippen LogP contribution in [0.2, 0.25) is 0 Å². The van der Waals surface area contributed by atoms with Gasteiger partial charge in [0.25, 0.3) is 5.69 Å². The highest BCUT2D eigenvalue weighted by atomic mass is 35.5. The molecule has 0 radical (unpaired) electrons. The molecular weight excluding hydrogens is 465 g/mol. The predicted molar refractivity (Wildman–Crippen MR) is 139 cm³/mol. The smallest absolute Gasteiger partial charge is 0.269 e. The van der Waals surface area contributed by atoms with Gasteiger partial charge in [-0.3, -0.25) is 10.1 Å². The molecule has 0 bridgehead atoms. The molecule has 2 aromatic rings. The van der Waals surface area contributed by atoms with Crippen molar-refractivity contribution in [2.75, 3.05) is 40.4 Å². The lowest BCUT2D eigenvalue weighted by Crippen LogP contribution is -2.19. The minimum absolute atomic E-state index is 0. The normalized spacial score (nSPS) is 10.1. The first-order valence-corrected chi connectivity index (χ1v) is 11.0. The molecule has 0 heterocycles. The van der Waals surface area contributed by atoms with E-state index in [9.17, 15) is 10.1 Å². The summed E-state index contributed by atoms with van der Waals surface area (Å²) in [7, 11) is 3.31. The molecule has 0 spiro atoms. The third-order valence-corrected chi connectivity index (χ3v) is 5.23. The number of benzene rings is 2. The van der Waals surface area contributed by atoms with Crippen LogP contribution in [-0.4, -0.2) is 45.3 Å². The summed E-state index contributed by atoms with van der Waals surface area (Å²) in [5.74, 6) is 1.54. The van der Waals surface area contributed by atoms with E-state index in [-0.39, 0.29) is 35.4 Å². The maximum atomic E-state index is 10.7. The fraction of sp³-hybridized carbons (Fsp3) is 0.500. The number of hydrogen-bond donors (Lipinski definition) is 2. The van der Waals surface area contributed by atoms with Crippen LogP contribution in [0.25, 0.3) is 0 Å². The first-order chi connectivity index (χ1) is 15.1. The summed E-state index contributed by atoms with van der Waals surface area (Å²) in [4.78, 5) is 10.3. The SMILES string of the molecule is COc1ccc(CCNCCCCCCNCCc2ccc([N+](=O)[O-])cc2)cc1OC.Cl.Cl. The minimum Gasteiger partial charge on any atom is -0.493 e. The molecule has 0 saturated carbocycles. The van der Waals surface area contributed by atoms with E-state index < -0.39 is 0 Å². The van der Waals surface area contributed by atoms with Gasteiger partial charge in [-0.1, -0.05) is 31.0 Å². The number of nitrogens with zero attached hydrogens (tertiary/aromatic N) is 1. The van der Waals surface area contributed by atoms with E-state index in [1.807, 2.05) is 24.3 Å². The summed E-state index contributed by atoms with van der Waals surface area (Å²) in [6, 6.07) is 12.9. The quantitative estimate of drug-likeness (QED) is 0.191. The Balaban J connectivity index is 0.00000512. The van der Waals surface area contributed by atoms with Crippen molar-refractivity contribution in [3.63, 3.8) is 0 Å². The van der Waals surface area contributed by atoms with Gasteiger partial charge in [0.2, 0.25) is 0 Å². The van der Waals surface area contributed by atoms with Gasteiger partial charge in [-0.05, 0) is 75.1 Å². The molecule has 7 nitrogen and oxygen atoms in total. The van der Waals surface area contributed by atoms with Gasteiger partial charge in [-0.25, -0.2) is 0 Å². The highest BCUT2D eigenvalue weighted by molar-refractivity contribution is 5.85. The molecule has 0 fully saturated rings. The van der Waals surface area contributed by atoms with E-state index in [0.717, 1.165) is 56.1 Å². The Morgan fingerprint density at radius 1 is 0.727 bits per heavy atom. The molecule has 0 atom stereocenters. The lowest BCUT2D eigenvalue weighted by Gasteiger charge is -2.10. The zero-order valence-electron chi connectivity index (χ0n) is 19.5. The number of hydrogen-bond acceptors (Lipinski definition) is 6. The zero-order valence-corrected chi connectivity index (χ0v) is 21.1. The summed E-state index contributed by atoms with van der Waals surface area (Å²) in [5, 5.41) is 17.6. The van der Waals surface area contributed by atoms with Crippen LogP contribution in [0.1, 0.15) is 36.8 Å². The second-order valence-electron chi connectivity index (χ2n) is 7.53. The molecule has 9 heteroatoms. The van der Waals surface area contributed by atoms with Crippen molar-refractivity contribution in [1.82, 2.24) is 10.6 Å². The topological polar surface area (TPSA) is 85.7 Å². The van der Waals surface area contributed by atoms with E-state index in [1.165, 1.54) is 31.2 Å². The Kier molecular flexibility index (Phi) is 17.2. The number of unbranched alkanes of at least 4 members (excludes halogenated alkanes) is 3. The van der Waals surface area contributed by atoms with Crippen LogP contribution in [-0.2, 0) is 12.8 Å². The molecular formula is C24H37Cl2N3O4. The van der Waals surface area contributed by atoms with Gasteiger partial charge in [0.15, 0.2) is 11.5 Å². The minimum atomic E-state index is -0.365. The van der Waals surface area contributed by atoms with E-state index in [1.54, 1.807) is 26.4 Å². The van der Waals surface area contributed by atoms with Gasteiger partial charge in [0.05, 0.1) is 19.1 Å². The summed E-state index contributed by atoms with van der Waals surface area (Å²) in [6.45, 7) is 3.91. The lowest BCUT2D eigenvalue weighted by atomic mass is 10.1. The largest absolute Gasteiger partial charge is 0.493 e. The van der Waals surface area contributed by atoms with E-state index in [2.05, 4.69) is 16.7 Å². The van der Waals surface area contributed by atoms with Crippen molar-refractivity contribution in [3.8, 4) is 11.5 Å². The molecule has 0 saturated heterocycles. The van der Waals surface area contributed by atoms with Crippen molar-refractivity contribution >= 4 is 30.5 Å². The molecule has 2 rings (SSSR count). The van der Waals surface area contributed by atoms with Gasteiger partial charge in [-0.15, -0.1) is 24.8 Å². The van der Waals surface area contributed by atoms with E-state index in [0.29, 0.717) is 0 Å². The Morgan fingerprint density at radius 2 is 1.24 bits per heavy atom. The number of ether oxygens (including phenoxy) is 2. The molecule has 0 aliphatic carbocycles. The fourth-order valence-electron chi connectivity index (χ4n) is 3.39. The highest BCUT2D eigenvalue weighted by Crippen LogP contribution is 2.27. The summed E-state index contributed by atoms with van der Waals surface area (Å²) in [5.41, 5.74) is 2.51. The maximum absolute atomic E-state index is 10.7. The Hall–Kier alpha value is -2.06. The molecule has 0 aromatic heterocycles. The van der Waals surface area contributed by atoms with Crippen LogP contribution < -0.4 is 20.1 Å². The number of halogens is 2. The molecule has 2 aromatic carbocycles. The molecule has 186 valence electrons. The van der Waals surface area contributed by atoms with Crippen LogP contribution in [0, 0.1) is 10.1 Å². The van der Waals surface area contributed by atoms with E-state index >= 15 is 0 Å². The number of nitro benzene ring substituents is 1. The van der Waals surface area contributed by atoms with Crippen LogP contribution in [0.4, 0.5) is 5.69 Å². The van der Waals surface area contributed by atoms with Gasteiger partial charge < -0.3 is 20.1 Å². The Labute approximate surface area is 209 Å². The summed E-state index contributed by atoms with van der Waals surface area (Å²) < 4.78 is 10.6. The van der Waals surface area contributed by atoms with Crippen molar-refractivity contribution in [2.45, 2.75) is 38.5 Å². The van der Waals surface area contributed by atoms with Gasteiger partial charge in [-0.2, -0.15) is 0 Å². The van der Waals surface area contributed by atoms with E-state index in [4.69, 9.17) is 9.47 Å². The Bertz CT molecular complexity index is 792. The van der Waals surface area contributed by atoms with Crippen molar-refractivity contribution < 1.29 is 14.4 Å². The lowest BCUT2D eigenvalue weighted by molar-refractivity contribution is -0.384. The Morgan fingerprint density at radius 3 is 1.76 bits per heavy atom. The second-order valence-corrected chi connectivity index (χ2v) is 7.53. The van der Waals surface area contributed by atoms with Crippen molar-refractivity contribution in [3.05, 3.63) is 63.7 Å². The van der Waals surface area contributed by atoms with Gasteiger partial charge >= 0.3 is 0 Å². The number of methoxy groups -OCH3 is 2. The second kappa shape index (κ2) is 18.4. The molecule has 33 heavy (non-hydrogen) atoms. The molecule has 0 aliphatic rings. The highest BCUT2D eigenvalue weighted by Gasteiger charge is 2.05. The standard InChI is InChI=1S/C24H35N3O4.2ClH/c1-30-23-12-9-21(19-24(23)31-2)14-18-26-16-6-4-3-5-15-25-17-13-20-7-10-22(11-8-20)27(28)29;;/h7-12,19,25-26H,3-6,13-18H2,1-2H3;2*1H. The summed E-state index contributed by atoms with van der Waals surface area (Å²) >= 11 is 0. The van der Waals surface area contributed by atoms with Crippen LogP contribution in [0.3, 0.4) is 0 Å². The van der Waals surface area contributed by atoms with Crippen molar-refractivity contribution in [1.29, 1.82) is 0 Å². The first kappa shape index (κ1) is 30.9. The number of nitro groups is 1. The van der Waals surface area contributed by atoms with Crippen LogP contribution >= 0.6 is 24.8 Å². The average molecular weight is 502 g/mol. The first-order valence-electron chi connectivity index (χ1n) is 11.0. The number of rotatable bonds is 16. The van der Waals surface area contributed by atoms with Crippen LogP contribution in [0.5, 0.6) is 11.5 Å². The molecule has 0 aliphatic heterocycles. The van der Waals surface area contributed by atoms with Gasteiger partial charge in [0, 0.05) is 12.1 Å². The van der Waals surface area contributed by atoms with Crippen molar-refractivity contribution in [2.24, 2.45) is 0 Å². The number of nitrogens with one attached hydrogen (secondary N) is 2. The zero-order chi connectivity index (χ0) is 22.3. The molecule has 2 N–H and O–H groups in total. The maximum Gasteiger partial charge on any atom is 0.269 e. The fourth-order valence-corrected chi connectivity index (χ4v) is 3.39. The van der Waals surface area contributed by atoms with Gasteiger partial charge in [0.1, 0.15) is 0 Å². The third-order valence-electron chi connectivity index (χ3n) is 5.23. The summed E-state index contributed by atoms with van der Waals surface area (Å²) in [6.07, 6.45) is 6.68. The average Bonchev–Trinajstić information content (AvgIpc) is 2.79. The molecule has 0 unspecified atom stereocenters. The van der Waals surface area contributed by atoms with Crippen LogP contribution in [0.15, 0.2) is 42.5 Å². The molecule has 0 amide bonds. The third kappa shape index (κ3) is 12.1. The number of non-ortho nitro benzene ring substituents is 1.